The summed E-state index contributed by atoms with van der Waals surface area (Å²) in [7, 11) is -3.34. The maximum Gasteiger partial charge on any atom is 0.211 e. The van der Waals surface area contributed by atoms with Gasteiger partial charge in [0.05, 0.1) is 12.3 Å². The molecule has 0 heterocycles. The minimum absolute atomic E-state index is 0.0458. The molecule has 0 saturated heterocycles. The number of benzene rings is 1. The van der Waals surface area contributed by atoms with Crippen molar-refractivity contribution in [3.05, 3.63) is 34.9 Å². The summed E-state index contributed by atoms with van der Waals surface area (Å²) in [6.07, 6.45) is 0. The van der Waals surface area contributed by atoms with Crippen LogP contribution in [0.25, 0.3) is 0 Å². The van der Waals surface area contributed by atoms with E-state index in [1.54, 1.807) is 18.2 Å². The highest BCUT2D eigenvalue weighted by atomic mass is 35.5. The normalized spacial score (nSPS) is 11.4. The first-order valence-electron chi connectivity index (χ1n) is 4.70. The van der Waals surface area contributed by atoms with Gasteiger partial charge in [-0.3, -0.25) is 4.79 Å². The molecule has 0 aliphatic rings. The lowest BCUT2D eigenvalue weighted by molar-refractivity contribution is 0.0997. The molecule has 0 spiro atoms. The molecule has 4 nitrogen and oxygen atoms in total. The fourth-order valence-electron chi connectivity index (χ4n) is 1.04. The Balaban J connectivity index is 2.67. The van der Waals surface area contributed by atoms with Gasteiger partial charge >= 0.3 is 0 Å². The van der Waals surface area contributed by atoms with Crippen LogP contribution in [0.5, 0.6) is 0 Å². The Morgan fingerprint density at radius 1 is 1.44 bits per heavy atom. The van der Waals surface area contributed by atoms with Crippen molar-refractivity contribution in [2.75, 3.05) is 12.3 Å². The Labute approximate surface area is 99.7 Å². The summed E-state index contributed by atoms with van der Waals surface area (Å²) in [5, 5.41) is 0.448. The van der Waals surface area contributed by atoms with Gasteiger partial charge < -0.3 is 0 Å². The van der Waals surface area contributed by atoms with Gasteiger partial charge in [0, 0.05) is 10.6 Å². The largest absolute Gasteiger partial charge is 0.293 e. The number of halogens is 1. The van der Waals surface area contributed by atoms with Crippen LogP contribution in [-0.2, 0) is 10.0 Å². The molecule has 16 heavy (non-hydrogen) atoms. The lowest BCUT2D eigenvalue weighted by Crippen LogP contribution is -2.30. The van der Waals surface area contributed by atoms with Crippen LogP contribution in [0, 0.1) is 0 Å². The van der Waals surface area contributed by atoms with Gasteiger partial charge in [-0.25, -0.2) is 13.1 Å². The molecule has 88 valence electrons. The zero-order valence-corrected chi connectivity index (χ0v) is 10.3. The molecule has 0 radical (unpaired) electrons. The second kappa shape index (κ2) is 5.43. The number of carbonyl (C=O) groups is 1. The van der Waals surface area contributed by atoms with Gasteiger partial charge in [0.2, 0.25) is 10.0 Å². The van der Waals surface area contributed by atoms with Gasteiger partial charge in [0.1, 0.15) is 0 Å². The van der Waals surface area contributed by atoms with Gasteiger partial charge in [-0.15, -0.1) is 0 Å². The molecule has 1 aromatic carbocycles. The predicted molar refractivity (Wildman–Crippen MR) is 63.2 cm³/mol. The van der Waals surface area contributed by atoms with E-state index in [9.17, 15) is 13.2 Å². The van der Waals surface area contributed by atoms with Gasteiger partial charge in [0.25, 0.3) is 0 Å². The molecule has 1 rings (SSSR count). The molecule has 0 aromatic heterocycles. The summed E-state index contributed by atoms with van der Waals surface area (Å²) in [6.45, 7) is 1.27. The van der Waals surface area contributed by atoms with E-state index in [4.69, 9.17) is 11.6 Å². The van der Waals surface area contributed by atoms with E-state index in [0.29, 0.717) is 10.6 Å². The highest BCUT2D eigenvalue weighted by molar-refractivity contribution is 7.89. The molecule has 1 aromatic rings. The first kappa shape index (κ1) is 13.2. The smallest absolute Gasteiger partial charge is 0.211 e. The van der Waals surface area contributed by atoms with Gasteiger partial charge in [0.15, 0.2) is 5.78 Å². The van der Waals surface area contributed by atoms with Crippen molar-refractivity contribution in [2.24, 2.45) is 0 Å². The zero-order valence-electron chi connectivity index (χ0n) is 8.73. The van der Waals surface area contributed by atoms with Crippen molar-refractivity contribution in [3.63, 3.8) is 0 Å². The van der Waals surface area contributed by atoms with E-state index >= 15 is 0 Å². The van der Waals surface area contributed by atoms with E-state index in [0.717, 1.165) is 0 Å². The Bertz CT molecular complexity index is 485. The first-order valence-corrected chi connectivity index (χ1v) is 6.74. The topological polar surface area (TPSA) is 63.2 Å². The van der Waals surface area contributed by atoms with Crippen LogP contribution >= 0.6 is 11.6 Å². The van der Waals surface area contributed by atoms with Crippen molar-refractivity contribution in [2.45, 2.75) is 6.92 Å². The van der Waals surface area contributed by atoms with Gasteiger partial charge in [-0.1, -0.05) is 23.7 Å². The van der Waals surface area contributed by atoms with Crippen LogP contribution in [0.15, 0.2) is 24.3 Å². The summed E-state index contributed by atoms with van der Waals surface area (Å²) < 4.78 is 24.4. The molecular formula is C10H12ClNO3S. The molecule has 0 saturated carbocycles. The van der Waals surface area contributed by atoms with E-state index in [1.165, 1.54) is 13.0 Å². The Hall–Kier alpha value is -0.910. The summed E-state index contributed by atoms with van der Waals surface area (Å²) in [4.78, 5) is 11.6. The van der Waals surface area contributed by atoms with E-state index in [1.807, 2.05) is 0 Å². The standard InChI is InChI=1S/C10H12ClNO3S/c1-2-16(14,15)12-7-10(13)8-4-3-5-9(11)6-8/h3-6,12H,2,7H2,1H3. The number of hydrogen-bond donors (Lipinski definition) is 1. The van der Waals surface area contributed by atoms with Crippen LogP contribution in [0.2, 0.25) is 5.02 Å². The summed E-state index contributed by atoms with van der Waals surface area (Å²) in [6, 6.07) is 6.39. The SMILES string of the molecule is CCS(=O)(=O)NCC(=O)c1cccc(Cl)c1. The highest BCUT2D eigenvalue weighted by Crippen LogP contribution is 2.10. The van der Waals surface area contributed by atoms with Crippen molar-refractivity contribution < 1.29 is 13.2 Å². The monoisotopic (exact) mass is 261 g/mol. The third-order valence-electron chi connectivity index (χ3n) is 1.98. The Kier molecular flexibility index (Phi) is 4.46. The number of nitrogens with one attached hydrogen (secondary N) is 1. The molecule has 0 unspecified atom stereocenters. The third-order valence-corrected chi connectivity index (χ3v) is 3.56. The molecule has 0 aliphatic carbocycles. The van der Waals surface area contributed by atoms with E-state index < -0.39 is 10.0 Å². The van der Waals surface area contributed by atoms with Crippen molar-refractivity contribution in [1.82, 2.24) is 4.72 Å². The number of carbonyl (C=O) groups excluding carboxylic acids is 1. The van der Waals surface area contributed by atoms with Crippen LogP contribution in [0.4, 0.5) is 0 Å². The average Bonchev–Trinajstić information content (AvgIpc) is 2.26. The third kappa shape index (κ3) is 3.92. The molecule has 0 fully saturated rings. The molecule has 0 amide bonds. The van der Waals surface area contributed by atoms with Crippen molar-refractivity contribution >= 4 is 27.4 Å². The summed E-state index contributed by atoms with van der Waals surface area (Å²) in [5.74, 6) is -0.352. The summed E-state index contributed by atoms with van der Waals surface area (Å²) >= 11 is 5.72. The molecule has 0 aliphatic heterocycles. The lowest BCUT2D eigenvalue weighted by Gasteiger charge is -2.03. The van der Waals surface area contributed by atoms with Gasteiger partial charge in [-0.2, -0.15) is 0 Å². The van der Waals surface area contributed by atoms with E-state index in [-0.39, 0.29) is 18.1 Å². The lowest BCUT2D eigenvalue weighted by atomic mass is 10.1. The van der Waals surface area contributed by atoms with Crippen molar-refractivity contribution in [3.8, 4) is 0 Å². The second-order valence-electron chi connectivity index (χ2n) is 3.16. The van der Waals surface area contributed by atoms with Crippen molar-refractivity contribution in [1.29, 1.82) is 0 Å². The molecular weight excluding hydrogens is 250 g/mol. The van der Waals surface area contributed by atoms with Crippen LogP contribution in [0.1, 0.15) is 17.3 Å². The molecule has 6 heteroatoms. The highest BCUT2D eigenvalue weighted by Gasteiger charge is 2.11. The minimum Gasteiger partial charge on any atom is -0.293 e. The number of rotatable bonds is 5. The van der Waals surface area contributed by atoms with Crippen LogP contribution in [0.3, 0.4) is 0 Å². The van der Waals surface area contributed by atoms with Crippen LogP contribution in [-0.4, -0.2) is 26.5 Å². The fraction of sp³-hybridized carbons (Fsp3) is 0.300. The number of ketones is 1. The Morgan fingerprint density at radius 2 is 2.12 bits per heavy atom. The molecule has 0 atom stereocenters. The maximum atomic E-state index is 11.6. The zero-order chi connectivity index (χ0) is 12.2. The summed E-state index contributed by atoms with van der Waals surface area (Å²) in [5.41, 5.74) is 0.395. The Morgan fingerprint density at radius 3 is 2.69 bits per heavy atom. The number of hydrogen-bond acceptors (Lipinski definition) is 3. The second-order valence-corrected chi connectivity index (χ2v) is 5.69. The quantitative estimate of drug-likeness (QED) is 0.817. The number of sulfonamides is 1. The maximum absolute atomic E-state index is 11.6. The first-order chi connectivity index (χ1) is 7.44. The van der Waals surface area contributed by atoms with Gasteiger partial charge in [-0.05, 0) is 19.1 Å². The van der Waals surface area contributed by atoms with Crippen LogP contribution < -0.4 is 4.72 Å². The molecule has 0 bridgehead atoms. The molecule has 1 N–H and O–H groups in total. The number of Topliss-reactive ketones (excluding diaryl/α,β-unsaturated/α-hetero) is 1. The fourth-order valence-corrected chi connectivity index (χ4v) is 1.79. The predicted octanol–water partition coefficient (Wildman–Crippen LogP) is 1.46. The van der Waals surface area contributed by atoms with E-state index in [2.05, 4.69) is 4.72 Å². The minimum atomic E-state index is -3.34. The average molecular weight is 262 g/mol.